The Morgan fingerprint density at radius 3 is 2.08 bits per heavy atom. The molecule has 3 aromatic heterocycles. The number of hydrogen-bond donors (Lipinski definition) is 2. The Labute approximate surface area is 424 Å². The fourth-order valence-corrected chi connectivity index (χ4v) is 13.7. The van der Waals surface area contributed by atoms with Gasteiger partial charge in [0.1, 0.15) is 11.3 Å². The van der Waals surface area contributed by atoms with Crippen LogP contribution in [0.1, 0.15) is 147 Å². The predicted octanol–water partition coefficient (Wildman–Crippen LogP) is 7.80. The van der Waals surface area contributed by atoms with Crippen LogP contribution < -0.4 is 20.4 Å². The monoisotopic (exact) mass is 978 g/mol. The van der Waals surface area contributed by atoms with Gasteiger partial charge in [-0.15, -0.1) is 0 Å². The molecule has 2 saturated carbocycles. The third-order valence-electron chi connectivity index (χ3n) is 18.9. The van der Waals surface area contributed by atoms with Crippen molar-refractivity contribution in [3.8, 4) is 11.3 Å². The molecule has 1 spiro atoms. The average molecular weight is 978 g/mol. The third-order valence-corrected chi connectivity index (χ3v) is 18.9. The van der Waals surface area contributed by atoms with E-state index in [0.29, 0.717) is 70.0 Å². The van der Waals surface area contributed by atoms with Gasteiger partial charge in [0, 0.05) is 110 Å². The van der Waals surface area contributed by atoms with E-state index in [0.717, 1.165) is 84.8 Å². The van der Waals surface area contributed by atoms with E-state index in [1.807, 2.05) is 23.4 Å². The number of benzene rings is 1. The van der Waals surface area contributed by atoms with Crippen LogP contribution in [-0.2, 0) is 24.6 Å². The molecule has 1 atom stereocenters. The molecule has 72 heavy (non-hydrogen) atoms. The van der Waals surface area contributed by atoms with Crippen LogP contribution in [-0.4, -0.2) is 135 Å². The van der Waals surface area contributed by atoms with Crippen molar-refractivity contribution in [2.45, 2.75) is 160 Å². The smallest absolute Gasteiger partial charge is 0.234 e. The first kappa shape index (κ1) is 47.4. The number of piperidine rings is 5. The Balaban J connectivity index is 0.700. The summed E-state index contributed by atoms with van der Waals surface area (Å²) in [6.45, 7) is 16.3. The topological polar surface area (TPSA) is 152 Å². The lowest BCUT2D eigenvalue weighted by Gasteiger charge is -2.49. The highest BCUT2D eigenvalue weighted by Crippen LogP contribution is 2.52. The van der Waals surface area contributed by atoms with Crippen LogP contribution in [0, 0.1) is 10.8 Å². The lowest BCUT2D eigenvalue weighted by Crippen LogP contribution is -2.57. The maximum atomic E-state index is 14.7. The van der Waals surface area contributed by atoms with Crippen molar-refractivity contribution in [2.75, 3.05) is 74.0 Å². The second kappa shape index (κ2) is 18.4. The number of nitrogens with zero attached hydrogens (tertiary/aromatic N) is 9. The standard InChI is InChI=1S/C57H75N11O4/c1-37(2)68-36-59-46-33-45(61-51(50(46)68)60-40-10-11-40)38-8-13-44-47(30-38)67(42-31-41(32-42)63-22-6-5-7-23-63)35-57(44)20-28-66(29-21-57)54(72)56(4)18-26-65(27-19-56)53(71)55(3)16-24-64(25-17-55)48-14-9-39(34-58-48)43-12-15-49(69)62-52(43)70/h8-9,13-14,30,33-34,36-37,40-43H,5-7,10-12,15-29,31-32,35H2,1-4H3,(H,60,61)(H,62,69,70). The lowest BCUT2D eigenvalue weighted by atomic mass is 9.72. The summed E-state index contributed by atoms with van der Waals surface area (Å²) >= 11 is 0. The molecule has 8 aliphatic rings. The first-order valence-corrected chi connectivity index (χ1v) is 27.7. The van der Waals surface area contributed by atoms with E-state index in [4.69, 9.17) is 15.0 Å². The number of carbonyl (C=O) groups is 4. The number of fused-ring (bicyclic) bond motifs is 3. The van der Waals surface area contributed by atoms with Crippen LogP contribution in [0.4, 0.5) is 17.3 Å². The summed E-state index contributed by atoms with van der Waals surface area (Å²) in [7, 11) is 0. The zero-order valence-electron chi connectivity index (χ0n) is 43.1. The van der Waals surface area contributed by atoms with Crippen molar-refractivity contribution in [2.24, 2.45) is 10.8 Å². The fraction of sp³-hybridized carbons (Fsp3) is 0.632. The number of anilines is 3. The number of imidazole rings is 1. The summed E-state index contributed by atoms with van der Waals surface area (Å²) in [6.07, 6.45) is 18.1. The zero-order chi connectivity index (χ0) is 49.5. The van der Waals surface area contributed by atoms with Crippen molar-refractivity contribution in [1.29, 1.82) is 0 Å². The van der Waals surface area contributed by atoms with Gasteiger partial charge in [0.25, 0.3) is 0 Å². The first-order chi connectivity index (χ1) is 34.8. The summed E-state index contributed by atoms with van der Waals surface area (Å²) in [5.74, 6) is 1.40. The number of amides is 4. The first-order valence-electron chi connectivity index (χ1n) is 27.7. The molecule has 15 nitrogen and oxygen atoms in total. The Hall–Kier alpha value is -5.57. The molecule has 9 heterocycles. The van der Waals surface area contributed by atoms with Gasteiger partial charge in [-0.2, -0.15) is 0 Å². The van der Waals surface area contributed by atoms with Crippen LogP contribution >= 0.6 is 0 Å². The number of likely N-dealkylation sites (tertiary alicyclic amines) is 3. The van der Waals surface area contributed by atoms with Gasteiger partial charge in [-0.3, -0.25) is 24.5 Å². The van der Waals surface area contributed by atoms with Gasteiger partial charge < -0.3 is 34.4 Å². The lowest BCUT2D eigenvalue weighted by molar-refractivity contribution is -0.152. The van der Waals surface area contributed by atoms with Crippen LogP contribution in [0.15, 0.2) is 48.9 Å². The van der Waals surface area contributed by atoms with Crippen molar-refractivity contribution in [1.82, 2.24) is 39.5 Å². The summed E-state index contributed by atoms with van der Waals surface area (Å²) in [4.78, 5) is 79.9. The maximum Gasteiger partial charge on any atom is 0.234 e. The zero-order valence-corrected chi connectivity index (χ0v) is 43.1. The largest absolute Gasteiger partial charge is 0.367 e. The summed E-state index contributed by atoms with van der Waals surface area (Å²) in [6, 6.07) is 15.2. The SMILES string of the molecule is CC(C)n1cnc2cc(-c3ccc4c(c3)N(C3CC(N5CCCCC5)C3)CC43CCN(C(=O)C4(C)CCN(C(=O)C5(C)CCN(c6ccc(C7CCC(=O)NC7=O)cn6)CC5)CC4)CC3)nc(NC3CC3)c21. The van der Waals surface area contributed by atoms with Crippen molar-refractivity contribution in [3.63, 3.8) is 0 Å². The molecule has 1 aromatic carbocycles. The molecule has 4 amide bonds. The van der Waals surface area contributed by atoms with E-state index >= 15 is 0 Å². The quantitative estimate of drug-likeness (QED) is 0.150. The van der Waals surface area contributed by atoms with Gasteiger partial charge >= 0.3 is 0 Å². The van der Waals surface area contributed by atoms with E-state index in [1.165, 1.54) is 69.3 Å². The molecular weight excluding hydrogens is 903 g/mol. The second-order valence-corrected chi connectivity index (χ2v) is 24.1. The highest BCUT2D eigenvalue weighted by atomic mass is 16.2. The molecule has 1 unspecified atom stereocenters. The van der Waals surface area contributed by atoms with E-state index in [-0.39, 0.29) is 41.0 Å². The predicted molar refractivity (Wildman–Crippen MR) is 280 cm³/mol. The molecule has 0 radical (unpaired) electrons. The molecule has 6 aliphatic heterocycles. The maximum absolute atomic E-state index is 14.7. The molecule has 12 rings (SSSR count). The van der Waals surface area contributed by atoms with Crippen LogP contribution in [0.2, 0.25) is 0 Å². The molecule has 15 heteroatoms. The van der Waals surface area contributed by atoms with Gasteiger partial charge in [0.2, 0.25) is 23.6 Å². The molecule has 2 N–H and O–H groups in total. The number of aromatic nitrogens is 4. The number of nitrogens with one attached hydrogen (secondary N) is 2. The molecule has 0 bridgehead atoms. The number of imide groups is 1. The van der Waals surface area contributed by atoms with Crippen molar-refractivity contribution >= 4 is 52.0 Å². The molecule has 2 aliphatic carbocycles. The molecule has 7 fully saturated rings. The minimum absolute atomic E-state index is 0.00994. The van der Waals surface area contributed by atoms with Crippen LogP contribution in [0.3, 0.4) is 0 Å². The van der Waals surface area contributed by atoms with Crippen LogP contribution in [0.25, 0.3) is 22.3 Å². The molecule has 382 valence electrons. The highest BCUT2D eigenvalue weighted by Gasteiger charge is 2.52. The minimum Gasteiger partial charge on any atom is -0.367 e. The van der Waals surface area contributed by atoms with Gasteiger partial charge in [0.05, 0.1) is 23.5 Å². The Kier molecular flexibility index (Phi) is 12.1. The van der Waals surface area contributed by atoms with E-state index in [2.05, 4.69) is 86.8 Å². The molecule has 5 saturated heterocycles. The van der Waals surface area contributed by atoms with Gasteiger partial charge in [-0.1, -0.05) is 38.5 Å². The van der Waals surface area contributed by atoms with E-state index in [9.17, 15) is 19.2 Å². The van der Waals surface area contributed by atoms with Crippen molar-refractivity contribution in [3.05, 3.63) is 60.0 Å². The highest BCUT2D eigenvalue weighted by molar-refractivity contribution is 6.01. The number of pyridine rings is 2. The van der Waals surface area contributed by atoms with E-state index in [1.54, 1.807) is 6.20 Å². The summed E-state index contributed by atoms with van der Waals surface area (Å²) in [5, 5.41) is 6.20. The Morgan fingerprint density at radius 2 is 1.44 bits per heavy atom. The summed E-state index contributed by atoms with van der Waals surface area (Å²) in [5.41, 5.74) is 6.83. The van der Waals surface area contributed by atoms with Gasteiger partial charge in [-0.25, -0.2) is 15.0 Å². The van der Waals surface area contributed by atoms with Crippen molar-refractivity contribution < 1.29 is 19.2 Å². The molecule has 4 aromatic rings. The summed E-state index contributed by atoms with van der Waals surface area (Å²) < 4.78 is 2.24. The molecular formula is C57H75N11O4. The van der Waals surface area contributed by atoms with Crippen LogP contribution in [0.5, 0.6) is 0 Å². The average Bonchev–Trinajstić information content (AvgIpc) is 4.01. The van der Waals surface area contributed by atoms with Gasteiger partial charge in [-0.05, 0) is 140 Å². The Bertz CT molecular complexity index is 2730. The second-order valence-electron chi connectivity index (χ2n) is 24.1. The number of carbonyl (C=O) groups excluding carboxylic acids is 4. The number of hydrogen-bond acceptors (Lipinski definition) is 11. The van der Waals surface area contributed by atoms with Gasteiger partial charge in [0.15, 0.2) is 5.82 Å². The van der Waals surface area contributed by atoms with E-state index < -0.39 is 10.8 Å². The number of rotatable bonds is 10. The normalized spacial score (nSPS) is 26.2. The third kappa shape index (κ3) is 8.62. The Morgan fingerprint density at radius 1 is 0.764 bits per heavy atom. The fourth-order valence-electron chi connectivity index (χ4n) is 13.7. The minimum atomic E-state index is -0.493.